The lowest BCUT2D eigenvalue weighted by atomic mass is 10.3. The Kier molecular flexibility index (Phi) is 6.32. The van der Waals surface area contributed by atoms with E-state index >= 15 is 0 Å². The molecule has 18 heavy (non-hydrogen) atoms. The normalized spacial score (nSPS) is 13.5. The van der Waals surface area contributed by atoms with E-state index in [-0.39, 0.29) is 0 Å². The predicted molar refractivity (Wildman–Crippen MR) is 78.6 cm³/mol. The molecule has 0 aliphatic rings. The molecule has 0 saturated heterocycles. The van der Waals surface area contributed by atoms with Crippen LogP contribution in [0.2, 0.25) is 0 Å². The van der Waals surface area contributed by atoms with Crippen molar-refractivity contribution in [1.29, 1.82) is 0 Å². The second-order valence-electron chi connectivity index (χ2n) is 4.37. The Labute approximate surface area is 118 Å². The van der Waals surface area contributed by atoms with Crippen molar-refractivity contribution in [3.8, 4) is 0 Å². The average Bonchev–Trinajstić information content (AvgIpc) is 2.35. The summed E-state index contributed by atoms with van der Waals surface area (Å²) in [6.07, 6.45) is 2.19. The molecular weight excluding hydrogens is 314 g/mol. The number of nitrogens with one attached hydrogen (secondary N) is 1. The van der Waals surface area contributed by atoms with Crippen LogP contribution in [0, 0.1) is 0 Å². The molecular formula is C13H20BrNO2S. The number of halogens is 1. The Morgan fingerprint density at radius 1 is 1.28 bits per heavy atom. The molecule has 0 fully saturated rings. The molecule has 0 aromatic heterocycles. The van der Waals surface area contributed by atoms with Gasteiger partial charge in [-0.1, -0.05) is 29.3 Å². The molecule has 1 N–H and O–H groups in total. The van der Waals surface area contributed by atoms with E-state index in [1.807, 2.05) is 0 Å². The van der Waals surface area contributed by atoms with Gasteiger partial charge in [-0.05, 0) is 44.2 Å². The molecule has 0 bridgehead atoms. The van der Waals surface area contributed by atoms with Gasteiger partial charge in [-0.15, -0.1) is 0 Å². The van der Waals surface area contributed by atoms with Crippen molar-refractivity contribution in [3.63, 3.8) is 0 Å². The van der Waals surface area contributed by atoms with Crippen LogP contribution >= 0.6 is 15.9 Å². The molecule has 0 radical (unpaired) electrons. The predicted octanol–water partition coefficient (Wildman–Crippen LogP) is 3.00. The maximum absolute atomic E-state index is 12.3. The second-order valence-corrected chi connectivity index (χ2v) is 7.65. The standard InChI is InChI=1S/C13H20BrNO2S/c1-3-4-9-15-10-11(2)18(16,17)13-7-5-12(14)6-8-13/h5-8,11,15H,3-4,9-10H2,1-2H3. The van der Waals surface area contributed by atoms with Crippen molar-refractivity contribution in [2.75, 3.05) is 13.1 Å². The Bertz CT molecular complexity index is 456. The lowest BCUT2D eigenvalue weighted by Crippen LogP contribution is -2.31. The Balaban J connectivity index is 2.65. The largest absolute Gasteiger partial charge is 0.315 e. The van der Waals surface area contributed by atoms with E-state index in [0.717, 1.165) is 23.9 Å². The molecule has 0 amide bonds. The van der Waals surface area contributed by atoms with E-state index in [2.05, 4.69) is 28.2 Å². The van der Waals surface area contributed by atoms with Crippen molar-refractivity contribution in [2.24, 2.45) is 0 Å². The molecule has 1 aromatic rings. The van der Waals surface area contributed by atoms with Crippen molar-refractivity contribution >= 4 is 25.8 Å². The van der Waals surface area contributed by atoms with Crippen LogP contribution in [0.1, 0.15) is 26.7 Å². The molecule has 1 rings (SSSR count). The van der Waals surface area contributed by atoms with Gasteiger partial charge in [0.05, 0.1) is 10.1 Å². The number of rotatable bonds is 7. The monoisotopic (exact) mass is 333 g/mol. The van der Waals surface area contributed by atoms with Crippen molar-refractivity contribution in [2.45, 2.75) is 36.8 Å². The maximum atomic E-state index is 12.3. The van der Waals surface area contributed by atoms with Gasteiger partial charge in [0.25, 0.3) is 0 Å². The summed E-state index contributed by atoms with van der Waals surface area (Å²) in [6.45, 7) is 5.23. The Morgan fingerprint density at radius 2 is 1.89 bits per heavy atom. The molecule has 0 aliphatic carbocycles. The van der Waals surface area contributed by atoms with E-state index in [0.29, 0.717) is 11.4 Å². The minimum Gasteiger partial charge on any atom is -0.315 e. The number of benzene rings is 1. The van der Waals surface area contributed by atoms with Crippen LogP contribution in [-0.4, -0.2) is 26.8 Å². The van der Waals surface area contributed by atoms with Gasteiger partial charge in [-0.3, -0.25) is 0 Å². The third-order valence-electron chi connectivity index (χ3n) is 2.81. The van der Waals surface area contributed by atoms with Gasteiger partial charge < -0.3 is 5.32 Å². The molecule has 3 nitrogen and oxygen atoms in total. The number of hydrogen-bond acceptors (Lipinski definition) is 3. The summed E-state index contributed by atoms with van der Waals surface area (Å²) in [5.74, 6) is 0. The van der Waals surface area contributed by atoms with Crippen LogP contribution in [0.3, 0.4) is 0 Å². The molecule has 0 heterocycles. The highest BCUT2D eigenvalue weighted by molar-refractivity contribution is 9.10. The Morgan fingerprint density at radius 3 is 2.44 bits per heavy atom. The first-order valence-corrected chi connectivity index (χ1v) is 8.52. The molecule has 1 atom stereocenters. The lowest BCUT2D eigenvalue weighted by Gasteiger charge is -2.14. The zero-order valence-corrected chi connectivity index (χ0v) is 13.2. The van der Waals surface area contributed by atoms with E-state index in [1.54, 1.807) is 31.2 Å². The number of hydrogen-bond donors (Lipinski definition) is 1. The summed E-state index contributed by atoms with van der Waals surface area (Å²) in [4.78, 5) is 0.385. The molecule has 0 saturated carbocycles. The summed E-state index contributed by atoms with van der Waals surface area (Å²) in [6, 6.07) is 6.79. The highest BCUT2D eigenvalue weighted by Crippen LogP contribution is 2.18. The van der Waals surface area contributed by atoms with E-state index in [9.17, 15) is 8.42 Å². The van der Waals surface area contributed by atoms with E-state index < -0.39 is 15.1 Å². The van der Waals surface area contributed by atoms with Gasteiger partial charge in [0.1, 0.15) is 0 Å². The molecule has 1 aromatic carbocycles. The van der Waals surface area contributed by atoms with Gasteiger partial charge in [-0.2, -0.15) is 0 Å². The number of sulfone groups is 1. The number of unbranched alkanes of at least 4 members (excludes halogenated alkanes) is 1. The highest BCUT2D eigenvalue weighted by Gasteiger charge is 2.22. The summed E-state index contributed by atoms with van der Waals surface area (Å²) in [7, 11) is -3.23. The van der Waals surface area contributed by atoms with Crippen LogP contribution in [-0.2, 0) is 9.84 Å². The van der Waals surface area contributed by atoms with Gasteiger partial charge in [-0.25, -0.2) is 8.42 Å². The van der Waals surface area contributed by atoms with Crippen LogP contribution in [0.5, 0.6) is 0 Å². The minimum absolute atomic E-state index is 0.385. The minimum atomic E-state index is -3.23. The quantitative estimate of drug-likeness (QED) is 0.780. The Hall–Kier alpha value is -0.390. The fraction of sp³-hybridized carbons (Fsp3) is 0.538. The maximum Gasteiger partial charge on any atom is 0.182 e. The fourth-order valence-electron chi connectivity index (χ4n) is 1.57. The lowest BCUT2D eigenvalue weighted by molar-refractivity contribution is 0.567. The molecule has 0 spiro atoms. The third kappa shape index (κ3) is 4.37. The fourth-order valence-corrected chi connectivity index (χ4v) is 3.16. The summed E-state index contributed by atoms with van der Waals surface area (Å²) < 4.78 is 25.4. The zero-order chi connectivity index (χ0) is 13.6. The summed E-state index contributed by atoms with van der Waals surface area (Å²) >= 11 is 3.30. The van der Waals surface area contributed by atoms with Crippen molar-refractivity contribution in [3.05, 3.63) is 28.7 Å². The van der Waals surface area contributed by atoms with Gasteiger partial charge >= 0.3 is 0 Å². The summed E-state index contributed by atoms with van der Waals surface area (Å²) in [5.41, 5.74) is 0. The van der Waals surface area contributed by atoms with Crippen molar-refractivity contribution in [1.82, 2.24) is 5.32 Å². The van der Waals surface area contributed by atoms with Gasteiger partial charge in [0.2, 0.25) is 0 Å². The summed E-state index contributed by atoms with van der Waals surface area (Å²) in [5, 5.41) is 2.78. The third-order valence-corrected chi connectivity index (χ3v) is 5.49. The van der Waals surface area contributed by atoms with Gasteiger partial charge in [0, 0.05) is 11.0 Å². The van der Waals surface area contributed by atoms with E-state index in [1.165, 1.54) is 0 Å². The zero-order valence-electron chi connectivity index (χ0n) is 10.8. The van der Waals surface area contributed by atoms with Gasteiger partial charge in [0.15, 0.2) is 9.84 Å². The molecule has 5 heteroatoms. The smallest absolute Gasteiger partial charge is 0.182 e. The first-order valence-electron chi connectivity index (χ1n) is 6.18. The van der Waals surface area contributed by atoms with Crippen LogP contribution in [0.15, 0.2) is 33.6 Å². The first kappa shape index (κ1) is 15.7. The SMILES string of the molecule is CCCCNCC(C)S(=O)(=O)c1ccc(Br)cc1. The average molecular weight is 334 g/mol. The second kappa shape index (κ2) is 7.26. The van der Waals surface area contributed by atoms with E-state index in [4.69, 9.17) is 0 Å². The first-order chi connectivity index (χ1) is 8.48. The van der Waals surface area contributed by atoms with Crippen LogP contribution in [0.4, 0.5) is 0 Å². The topological polar surface area (TPSA) is 46.2 Å². The van der Waals surface area contributed by atoms with Crippen LogP contribution < -0.4 is 5.32 Å². The van der Waals surface area contributed by atoms with Crippen LogP contribution in [0.25, 0.3) is 0 Å². The van der Waals surface area contributed by atoms with Crippen molar-refractivity contribution < 1.29 is 8.42 Å². The molecule has 102 valence electrons. The molecule has 1 unspecified atom stereocenters. The highest BCUT2D eigenvalue weighted by atomic mass is 79.9. The molecule has 0 aliphatic heterocycles.